The first-order chi connectivity index (χ1) is 9.58. The van der Waals surface area contributed by atoms with Gasteiger partial charge in [0.1, 0.15) is 10.7 Å². The Balaban J connectivity index is 1.98. The molecule has 0 radical (unpaired) electrons. The molecule has 0 aliphatic rings. The van der Waals surface area contributed by atoms with Crippen LogP contribution in [-0.4, -0.2) is 24.0 Å². The Bertz CT molecular complexity index is 642. The molecule has 2 rings (SSSR count). The maximum atomic E-state index is 13.0. The highest BCUT2D eigenvalue weighted by molar-refractivity contribution is 7.17. The van der Waals surface area contributed by atoms with E-state index >= 15 is 0 Å². The molecule has 20 heavy (non-hydrogen) atoms. The number of nitrogens with zero attached hydrogens (tertiary/aromatic N) is 1. The number of hydrogen-bond acceptors (Lipinski definition) is 5. The predicted molar refractivity (Wildman–Crippen MR) is 72.2 cm³/mol. The van der Waals surface area contributed by atoms with Crippen molar-refractivity contribution in [1.82, 2.24) is 4.98 Å². The third-order valence-electron chi connectivity index (χ3n) is 2.39. The van der Waals surface area contributed by atoms with Crippen LogP contribution in [0.25, 0.3) is 0 Å². The van der Waals surface area contributed by atoms with E-state index in [1.54, 1.807) is 6.07 Å². The van der Waals surface area contributed by atoms with E-state index in [4.69, 9.17) is 0 Å². The monoisotopic (exact) mass is 294 g/mol. The number of amides is 1. The van der Waals surface area contributed by atoms with Gasteiger partial charge in [-0.1, -0.05) is 23.5 Å². The van der Waals surface area contributed by atoms with E-state index in [1.165, 1.54) is 31.5 Å². The zero-order valence-corrected chi connectivity index (χ0v) is 11.4. The first-order valence-electron chi connectivity index (χ1n) is 5.67. The maximum absolute atomic E-state index is 13.0. The van der Waals surface area contributed by atoms with Crippen LogP contribution in [0.4, 0.5) is 9.52 Å². The second-order valence-corrected chi connectivity index (χ2v) is 4.91. The van der Waals surface area contributed by atoms with E-state index < -0.39 is 11.8 Å². The van der Waals surface area contributed by atoms with Crippen LogP contribution >= 0.6 is 11.3 Å². The quantitative estimate of drug-likeness (QED) is 0.878. The molecule has 5 nitrogen and oxygen atoms in total. The molecule has 7 heteroatoms. The van der Waals surface area contributed by atoms with Crippen molar-refractivity contribution in [2.45, 2.75) is 6.42 Å². The lowest BCUT2D eigenvalue weighted by Gasteiger charge is -2.02. The van der Waals surface area contributed by atoms with Gasteiger partial charge >= 0.3 is 5.97 Å². The van der Waals surface area contributed by atoms with Crippen LogP contribution in [0.2, 0.25) is 0 Å². The van der Waals surface area contributed by atoms with Crippen molar-refractivity contribution in [3.05, 3.63) is 46.7 Å². The number of carbonyl (C=O) groups excluding carboxylic acids is 2. The second-order valence-electron chi connectivity index (χ2n) is 3.88. The fourth-order valence-electron chi connectivity index (χ4n) is 1.52. The molecule has 1 aromatic carbocycles. The predicted octanol–water partition coefficient (Wildman–Crippen LogP) is 2.25. The number of esters is 1. The number of benzene rings is 1. The van der Waals surface area contributed by atoms with Crippen LogP contribution in [0.1, 0.15) is 15.2 Å². The molecular formula is C13H11FN2O3S. The number of methoxy groups -OCH3 is 1. The Morgan fingerprint density at radius 3 is 2.95 bits per heavy atom. The second kappa shape index (κ2) is 6.25. The van der Waals surface area contributed by atoms with Gasteiger partial charge in [0, 0.05) is 0 Å². The lowest BCUT2D eigenvalue weighted by Crippen LogP contribution is -2.14. The number of aromatic nitrogens is 1. The van der Waals surface area contributed by atoms with E-state index in [1.807, 2.05) is 0 Å². The van der Waals surface area contributed by atoms with Crippen LogP contribution in [0.3, 0.4) is 0 Å². The van der Waals surface area contributed by atoms with Gasteiger partial charge in [-0.25, -0.2) is 14.2 Å². The SMILES string of the molecule is COC(=O)c1cnc(NC(=O)Cc2cccc(F)c2)s1. The van der Waals surface area contributed by atoms with Gasteiger partial charge in [-0.2, -0.15) is 0 Å². The summed E-state index contributed by atoms with van der Waals surface area (Å²) in [6.07, 6.45) is 1.36. The van der Waals surface area contributed by atoms with Crippen LogP contribution in [0.5, 0.6) is 0 Å². The molecule has 0 aliphatic heterocycles. The number of carbonyl (C=O) groups is 2. The lowest BCUT2D eigenvalue weighted by atomic mass is 10.1. The molecule has 0 unspecified atom stereocenters. The van der Waals surface area contributed by atoms with Crippen LogP contribution in [0.15, 0.2) is 30.5 Å². The third kappa shape index (κ3) is 3.61. The van der Waals surface area contributed by atoms with Gasteiger partial charge in [-0.3, -0.25) is 4.79 Å². The highest BCUT2D eigenvalue weighted by Gasteiger charge is 2.12. The molecule has 104 valence electrons. The van der Waals surface area contributed by atoms with Gasteiger partial charge in [0.15, 0.2) is 5.13 Å². The van der Waals surface area contributed by atoms with E-state index in [0.29, 0.717) is 15.6 Å². The van der Waals surface area contributed by atoms with Crippen molar-refractivity contribution in [3.63, 3.8) is 0 Å². The number of rotatable bonds is 4. The fraction of sp³-hybridized carbons (Fsp3) is 0.154. The van der Waals surface area contributed by atoms with Crippen molar-refractivity contribution >= 4 is 28.3 Å². The van der Waals surface area contributed by atoms with Crippen LogP contribution in [0, 0.1) is 5.82 Å². The summed E-state index contributed by atoms with van der Waals surface area (Å²) >= 11 is 1.02. The molecule has 1 heterocycles. The van der Waals surface area contributed by atoms with Crippen molar-refractivity contribution in [1.29, 1.82) is 0 Å². The largest absolute Gasteiger partial charge is 0.465 e. The Kier molecular flexibility index (Phi) is 4.41. The summed E-state index contributed by atoms with van der Waals surface area (Å²) in [5, 5.41) is 2.85. The van der Waals surface area contributed by atoms with Crippen molar-refractivity contribution in [2.24, 2.45) is 0 Å². The molecular weight excluding hydrogens is 283 g/mol. The summed E-state index contributed by atoms with van der Waals surface area (Å²) < 4.78 is 17.5. The van der Waals surface area contributed by atoms with E-state index in [-0.39, 0.29) is 12.3 Å². The topological polar surface area (TPSA) is 68.3 Å². The number of hydrogen-bond donors (Lipinski definition) is 1. The highest BCUT2D eigenvalue weighted by Crippen LogP contribution is 2.19. The molecule has 1 aromatic heterocycles. The first kappa shape index (κ1) is 14.1. The number of nitrogens with one attached hydrogen (secondary N) is 1. The number of thiazole rings is 1. The maximum Gasteiger partial charge on any atom is 0.349 e. The molecule has 0 saturated carbocycles. The highest BCUT2D eigenvalue weighted by atomic mass is 32.1. The summed E-state index contributed by atoms with van der Waals surface area (Å²) in [4.78, 5) is 27.2. The first-order valence-corrected chi connectivity index (χ1v) is 6.48. The summed E-state index contributed by atoms with van der Waals surface area (Å²) in [6, 6.07) is 5.80. The van der Waals surface area contributed by atoms with Gasteiger partial charge in [-0.15, -0.1) is 0 Å². The minimum Gasteiger partial charge on any atom is -0.465 e. The van der Waals surface area contributed by atoms with Crippen molar-refractivity contribution in [2.75, 3.05) is 12.4 Å². The zero-order valence-electron chi connectivity index (χ0n) is 10.6. The standard InChI is InChI=1S/C13H11FN2O3S/c1-19-12(18)10-7-15-13(20-10)16-11(17)6-8-3-2-4-9(14)5-8/h2-5,7H,6H2,1H3,(H,15,16,17). The van der Waals surface area contributed by atoms with E-state index in [9.17, 15) is 14.0 Å². The van der Waals surface area contributed by atoms with Gasteiger partial charge in [0.05, 0.1) is 19.7 Å². The number of halogens is 1. The summed E-state index contributed by atoms with van der Waals surface area (Å²) in [6.45, 7) is 0. The number of ether oxygens (including phenoxy) is 1. The summed E-state index contributed by atoms with van der Waals surface area (Å²) in [5.74, 6) is -1.23. The smallest absolute Gasteiger partial charge is 0.349 e. The lowest BCUT2D eigenvalue weighted by molar-refractivity contribution is -0.115. The van der Waals surface area contributed by atoms with Gasteiger partial charge in [-0.05, 0) is 17.7 Å². The summed E-state index contributed by atoms with van der Waals surface area (Å²) in [7, 11) is 1.27. The zero-order chi connectivity index (χ0) is 14.5. The molecule has 0 atom stereocenters. The molecule has 0 bridgehead atoms. The Hall–Kier alpha value is -2.28. The van der Waals surface area contributed by atoms with E-state index in [0.717, 1.165) is 11.3 Å². The average Bonchev–Trinajstić information content (AvgIpc) is 2.86. The molecule has 1 N–H and O–H groups in total. The molecule has 0 aliphatic carbocycles. The van der Waals surface area contributed by atoms with Crippen molar-refractivity contribution < 1.29 is 18.7 Å². The minimum absolute atomic E-state index is 0.0326. The molecule has 0 saturated heterocycles. The Morgan fingerprint density at radius 2 is 2.25 bits per heavy atom. The van der Waals surface area contributed by atoms with Gasteiger partial charge < -0.3 is 10.1 Å². The molecule has 0 fully saturated rings. The van der Waals surface area contributed by atoms with Crippen LogP contribution in [-0.2, 0) is 16.0 Å². The average molecular weight is 294 g/mol. The van der Waals surface area contributed by atoms with Gasteiger partial charge in [0.2, 0.25) is 5.91 Å². The van der Waals surface area contributed by atoms with Gasteiger partial charge in [0.25, 0.3) is 0 Å². The molecule has 0 spiro atoms. The van der Waals surface area contributed by atoms with Crippen molar-refractivity contribution in [3.8, 4) is 0 Å². The van der Waals surface area contributed by atoms with E-state index in [2.05, 4.69) is 15.0 Å². The molecule has 1 amide bonds. The fourth-order valence-corrected chi connectivity index (χ4v) is 2.27. The minimum atomic E-state index is -0.506. The normalized spacial score (nSPS) is 10.1. The number of anilines is 1. The Morgan fingerprint density at radius 1 is 1.45 bits per heavy atom. The molecule has 2 aromatic rings. The van der Waals surface area contributed by atoms with Crippen LogP contribution < -0.4 is 5.32 Å². The Labute approximate surface area is 118 Å². The third-order valence-corrected chi connectivity index (χ3v) is 3.29. The summed E-state index contributed by atoms with van der Waals surface area (Å²) in [5.41, 5.74) is 0.562.